The molecule has 1 unspecified atom stereocenters. The number of hydrogen-bond acceptors (Lipinski definition) is 4. The third-order valence-electron chi connectivity index (χ3n) is 3.43. The Hall–Kier alpha value is -2.04. The van der Waals surface area contributed by atoms with Crippen LogP contribution in [0, 0.1) is 5.92 Å². The van der Waals surface area contributed by atoms with E-state index in [1.807, 2.05) is 37.3 Å². The zero-order chi connectivity index (χ0) is 15.1. The van der Waals surface area contributed by atoms with E-state index in [9.17, 15) is 9.59 Å². The minimum absolute atomic E-state index is 0.213. The zero-order valence-electron chi connectivity index (χ0n) is 12.3. The van der Waals surface area contributed by atoms with Gasteiger partial charge >= 0.3 is 12.1 Å². The predicted molar refractivity (Wildman–Crippen MR) is 77.6 cm³/mol. The molecule has 1 atom stereocenters. The lowest BCUT2D eigenvalue weighted by Crippen LogP contribution is -2.30. The van der Waals surface area contributed by atoms with Crippen molar-refractivity contribution in [1.29, 1.82) is 0 Å². The van der Waals surface area contributed by atoms with Crippen LogP contribution < -0.4 is 0 Å². The molecule has 0 saturated carbocycles. The normalized spacial score (nSPS) is 17.6. The van der Waals surface area contributed by atoms with Crippen LogP contribution >= 0.6 is 0 Å². The molecule has 1 aromatic carbocycles. The van der Waals surface area contributed by atoms with Crippen LogP contribution in [0.4, 0.5) is 4.79 Å². The Morgan fingerprint density at radius 1 is 1.24 bits per heavy atom. The first-order valence-corrected chi connectivity index (χ1v) is 7.33. The Labute approximate surface area is 124 Å². The summed E-state index contributed by atoms with van der Waals surface area (Å²) >= 11 is 0. The average molecular weight is 291 g/mol. The first kappa shape index (κ1) is 15.4. The van der Waals surface area contributed by atoms with Gasteiger partial charge in [-0.2, -0.15) is 0 Å². The van der Waals surface area contributed by atoms with Crippen LogP contribution in [-0.2, 0) is 20.9 Å². The lowest BCUT2D eigenvalue weighted by Gasteiger charge is -2.16. The molecule has 0 spiro atoms. The van der Waals surface area contributed by atoms with Gasteiger partial charge in [0.1, 0.15) is 6.61 Å². The van der Waals surface area contributed by atoms with Gasteiger partial charge in [-0.05, 0) is 18.4 Å². The molecule has 5 heteroatoms. The van der Waals surface area contributed by atoms with E-state index in [4.69, 9.17) is 9.47 Å². The smallest absolute Gasteiger partial charge is 0.410 e. The fourth-order valence-corrected chi connectivity index (χ4v) is 2.25. The summed E-state index contributed by atoms with van der Waals surface area (Å²) < 4.78 is 10.4. The van der Waals surface area contributed by atoms with Crippen molar-refractivity contribution in [1.82, 2.24) is 4.90 Å². The topological polar surface area (TPSA) is 55.8 Å². The number of amides is 1. The van der Waals surface area contributed by atoms with Crippen LogP contribution in [0.1, 0.15) is 25.3 Å². The van der Waals surface area contributed by atoms with Gasteiger partial charge in [0.2, 0.25) is 0 Å². The number of esters is 1. The Balaban J connectivity index is 1.75. The second-order valence-electron chi connectivity index (χ2n) is 5.14. The molecule has 1 aliphatic rings. The summed E-state index contributed by atoms with van der Waals surface area (Å²) in [5, 5.41) is 0. The molecular weight excluding hydrogens is 270 g/mol. The van der Waals surface area contributed by atoms with E-state index in [0.29, 0.717) is 26.1 Å². The standard InChI is InChI=1S/C16H21NO4/c1-2-10-20-15(18)14-8-9-17(11-14)16(19)21-12-13-6-4-3-5-7-13/h3-7,14H,2,8-12H2,1H3. The molecule has 1 saturated heterocycles. The van der Waals surface area contributed by atoms with Gasteiger partial charge < -0.3 is 14.4 Å². The average Bonchev–Trinajstić information content (AvgIpc) is 3.01. The van der Waals surface area contributed by atoms with E-state index >= 15 is 0 Å². The fourth-order valence-electron chi connectivity index (χ4n) is 2.25. The van der Waals surface area contributed by atoms with E-state index in [1.54, 1.807) is 4.90 Å². The molecule has 1 aliphatic heterocycles. The van der Waals surface area contributed by atoms with Crippen molar-refractivity contribution < 1.29 is 19.1 Å². The second-order valence-corrected chi connectivity index (χ2v) is 5.14. The van der Waals surface area contributed by atoms with Crippen molar-refractivity contribution in [3.63, 3.8) is 0 Å². The van der Waals surface area contributed by atoms with Gasteiger partial charge in [-0.3, -0.25) is 4.79 Å². The van der Waals surface area contributed by atoms with Crippen molar-refractivity contribution in [2.45, 2.75) is 26.4 Å². The monoisotopic (exact) mass is 291 g/mol. The molecule has 5 nitrogen and oxygen atoms in total. The van der Waals surface area contributed by atoms with Gasteiger partial charge in [0.15, 0.2) is 0 Å². The summed E-state index contributed by atoms with van der Waals surface area (Å²) in [6.45, 7) is 3.57. The summed E-state index contributed by atoms with van der Waals surface area (Å²) in [6, 6.07) is 9.53. The summed E-state index contributed by atoms with van der Waals surface area (Å²) in [6.07, 6.45) is 1.08. The second kappa shape index (κ2) is 7.67. The number of benzene rings is 1. The van der Waals surface area contributed by atoms with Crippen molar-refractivity contribution in [3.05, 3.63) is 35.9 Å². The van der Waals surface area contributed by atoms with Gasteiger partial charge in [0, 0.05) is 13.1 Å². The van der Waals surface area contributed by atoms with E-state index in [2.05, 4.69) is 0 Å². The number of hydrogen-bond donors (Lipinski definition) is 0. The number of likely N-dealkylation sites (tertiary alicyclic amines) is 1. The minimum atomic E-state index is -0.371. The highest BCUT2D eigenvalue weighted by Gasteiger charge is 2.32. The molecule has 1 heterocycles. The van der Waals surface area contributed by atoms with E-state index in [-0.39, 0.29) is 24.6 Å². The zero-order valence-corrected chi connectivity index (χ0v) is 12.3. The Bertz CT molecular complexity index is 474. The van der Waals surface area contributed by atoms with E-state index in [0.717, 1.165) is 12.0 Å². The highest BCUT2D eigenvalue weighted by Crippen LogP contribution is 2.19. The highest BCUT2D eigenvalue weighted by atomic mass is 16.6. The molecule has 0 radical (unpaired) electrons. The van der Waals surface area contributed by atoms with Gasteiger partial charge in [-0.1, -0.05) is 37.3 Å². The lowest BCUT2D eigenvalue weighted by atomic mass is 10.1. The molecule has 0 N–H and O–H groups in total. The summed E-state index contributed by atoms with van der Waals surface area (Å²) in [4.78, 5) is 25.3. The Morgan fingerprint density at radius 2 is 2.00 bits per heavy atom. The van der Waals surface area contributed by atoms with Crippen LogP contribution in [0.15, 0.2) is 30.3 Å². The number of rotatable bonds is 5. The minimum Gasteiger partial charge on any atom is -0.465 e. The highest BCUT2D eigenvalue weighted by molar-refractivity contribution is 5.75. The first-order chi connectivity index (χ1) is 10.2. The Morgan fingerprint density at radius 3 is 2.71 bits per heavy atom. The van der Waals surface area contributed by atoms with Crippen molar-refractivity contribution in [2.75, 3.05) is 19.7 Å². The quantitative estimate of drug-likeness (QED) is 0.782. The van der Waals surface area contributed by atoms with Crippen LogP contribution in [0.3, 0.4) is 0 Å². The molecule has 1 amide bonds. The maximum absolute atomic E-state index is 12.0. The maximum atomic E-state index is 12.0. The van der Waals surface area contributed by atoms with Gasteiger partial charge in [-0.15, -0.1) is 0 Å². The van der Waals surface area contributed by atoms with Gasteiger partial charge in [-0.25, -0.2) is 4.79 Å². The predicted octanol–water partition coefficient (Wildman–Crippen LogP) is 2.60. The maximum Gasteiger partial charge on any atom is 0.410 e. The van der Waals surface area contributed by atoms with Gasteiger partial charge in [0.05, 0.1) is 12.5 Å². The van der Waals surface area contributed by atoms with Crippen LogP contribution in [-0.4, -0.2) is 36.7 Å². The number of ether oxygens (including phenoxy) is 2. The number of carbonyl (C=O) groups excluding carboxylic acids is 2. The van der Waals surface area contributed by atoms with Crippen molar-refractivity contribution >= 4 is 12.1 Å². The lowest BCUT2D eigenvalue weighted by molar-refractivity contribution is -0.148. The van der Waals surface area contributed by atoms with Crippen LogP contribution in [0.2, 0.25) is 0 Å². The SMILES string of the molecule is CCCOC(=O)C1CCN(C(=O)OCc2ccccc2)C1. The van der Waals surface area contributed by atoms with Crippen LogP contribution in [0.25, 0.3) is 0 Å². The Kier molecular flexibility index (Phi) is 5.60. The first-order valence-electron chi connectivity index (χ1n) is 7.33. The molecule has 0 aliphatic carbocycles. The molecule has 0 aromatic heterocycles. The number of nitrogens with zero attached hydrogens (tertiary/aromatic N) is 1. The van der Waals surface area contributed by atoms with E-state index in [1.165, 1.54) is 0 Å². The van der Waals surface area contributed by atoms with Gasteiger partial charge in [0.25, 0.3) is 0 Å². The molecule has 2 rings (SSSR count). The molecule has 1 aromatic rings. The molecule has 114 valence electrons. The van der Waals surface area contributed by atoms with Crippen molar-refractivity contribution in [3.8, 4) is 0 Å². The van der Waals surface area contributed by atoms with E-state index < -0.39 is 0 Å². The third-order valence-corrected chi connectivity index (χ3v) is 3.43. The largest absolute Gasteiger partial charge is 0.465 e. The van der Waals surface area contributed by atoms with Crippen LogP contribution in [0.5, 0.6) is 0 Å². The molecular formula is C16H21NO4. The molecule has 0 bridgehead atoms. The third kappa shape index (κ3) is 4.48. The summed E-state index contributed by atoms with van der Waals surface area (Å²) in [7, 11) is 0. The fraction of sp³-hybridized carbons (Fsp3) is 0.500. The summed E-state index contributed by atoms with van der Waals surface area (Å²) in [5.74, 6) is -0.434. The molecule has 1 fully saturated rings. The summed E-state index contributed by atoms with van der Waals surface area (Å²) in [5.41, 5.74) is 0.948. The van der Waals surface area contributed by atoms with Crippen molar-refractivity contribution in [2.24, 2.45) is 5.92 Å². The molecule has 21 heavy (non-hydrogen) atoms. The number of carbonyl (C=O) groups is 2.